The quantitative estimate of drug-likeness (QED) is 0.502. The van der Waals surface area contributed by atoms with Gasteiger partial charge in [-0.15, -0.1) is 0 Å². The van der Waals surface area contributed by atoms with E-state index in [2.05, 4.69) is 25.6 Å². The van der Waals surface area contributed by atoms with Gasteiger partial charge in [0.25, 0.3) is 0 Å². The van der Waals surface area contributed by atoms with Gasteiger partial charge in [0.15, 0.2) is 0 Å². The minimum Gasteiger partial charge on any atom is -0.467 e. The van der Waals surface area contributed by atoms with Crippen molar-refractivity contribution in [2.75, 3.05) is 10.6 Å². The van der Waals surface area contributed by atoms with Crippen LogP contribution in [0, 0.1) is 10.1 Å². The van der Waals surface area contributed by atoms with E-state index in [4.69, 9.17) is 4.42 Å². The Morgan fingerprint density at radius 3 is 2.54 bits per heavy atom. The Morgan fingerprint density at radius 1 is 1.12 bits per heavy atom. The van der Waals surface area contributed by atoms with E-state index >= 15 is 0 Å². The summed E-state index contributed by atoms with van der Waals surface area (Å²) in [6.07, 6.45) is 6.14. The van der Waals surface area contributed by atoms with Crippen molar-refractivity contribution in [3.05, 3.63) is 70.7 Å². The molecule has 9 heteroatoms. The van der Waals surface area contributed by atoms with Crippen LogP contribution in [0.25, 0.3) is 0 Å². The van der Waals surface area contributed by atoms with Gasteiger partial charge in [-0.1, -0.05) is 6.07 Å². The number of pyridine rings is 1. The van der Waals surface area contributed by atoms with Crippen molar-refractivity contribution in [3.8, 4) is 0 Å². The summed E-state index contributed by atoms with van der Waals surface area (Å²) in [5.74, 6) is 0.911. The molecule has 0 fully saturated rings. The summed E-state index contributed by atoms with van der Waals surface area (Å²) in [6.45, 7) is 0.649. The standard InChI is InChI=1S/C15H14N6O3/c22-21(23)13-14(17-8-11-3-1-5-16-7-11)19-10-20-15(13)18-9-12-4-2-6-24-12/h1-7,10H,8-9H2,(H2,17,18,19,20). The first kappa shape index (κ1) is 15.4. The van der Waals surface area contributed by atoms with Gasteiger partial charge >= 0.3 is 5.69 Å². The number of aromatic nitrogens is 3. The average Bonchev–Trinajstić information content (AvgIpc) is 3.12. The summed E-state index contributed by atoms with van der Waals surface area (Å²) in [5, 5.41) is 17.3. The van der Waals surface area contributed by atoms with Gasteiger partial charge in [-0.2, -0.15) is 0 Å². The predicted octanol–water partition coefficient (Wildman–Crippen LogP) is 2.60. The SMILES string of the molecule is O=[N+]([O-])c1c(NCc2cccnc2)ncnc1NCc1ccco1. The lowest BCUT2D eigenvalue weighted by atomic mass is 10.3. The molecule has 0 saturated carbocycles. The lowest BCUT2D eigenvalue weighted by Gasteiger charge is -2.09. The van der Waals surface area contributed by atoms with E-state index in [9.17, 15) is 10.1 Å². The molecule has 0 bridgehead atoms. The molecule has 3 rings (SSSR count). The zero-order chi connectivity index (χ0) is 16.8. The van der Waals surface area contributed by atoms with E-state index in [1.807, 2.05) is 6.07 Å². The highest BCUT2D eigenvalue weighted by Gasteiger charge is 2.22. The average molecular weight is 326 g/mol. The maximum Gasteiger partial charge on any atom is 0.353 e. The van der Waals surface area contributed by atoms with E-state index in [0.717, 1.165) is 5.56 Å². The smallest absolute Gasteiger partial charge is 0.353 e. The van der Waals surface area contributed by atoms with Gasteiger partial charge in [0.2, 0.25) is 11.6 Å². The highest BCUT2D eigenvalue weighted by Crippen LogP contribution is 2.29. The van der Waals surface area contributed by atoms with Gasteiger partial charge in [-0.05, 0) is 23.8 Å². The third-order valence-corrected chi connectivity index (χ3v) is 3.20. The first-order valence-corrected chi connectivity index (χ1v) is 7.12. The number of hydrogen-bond donors (Lipinski definition) is 2. The summed E-state index contributed by atoms with van der Waals surface area (Å²) in [6, 6.07) is 7.17. The molecular formula is C15H14N6O3. The van der Waals surface area contributed by atoms with E-state index < -0.39 is 4.92 Å². The van der Waals surface area contributed by atoms with Gasteiger partial charge in [0, 0.05) is 18.9 Å². The number of rotatable bonds is 7. The summed E-state index contributed by atoms with van der Waals surface area (Å²) in [4.78, 5) is 22.8. The molecule has 3 aromatic rings. The maximum atomic E-state index is 11.4. The molecule has 0 unspecified atom stereocenters. The largest absolute Gasteiger partial charge is 0.467 e. The topological polar surface area (TPSA) is 119 Å². The number of anilines is 2. The van der Waals surface area contributed by atoms with Crippen LogP contribution in [0.1, 0.15) is 11.3 Å². The van der Waals surface area contributed by atoms with Crippen LogP contribution >= 0.6 is 0 Å². The number of nitro groups is 1. The van der Waals surface area contributed by atoms with Crippen molar-refractivity contribution in [1.82, 2.24) is 15.0 Å². The molecule has 0 radical (unpaired) electrons. The van der Waals surface area contributed by atoms with Gasteiger partial charge < -0.3 is 15.1 Å². The van der Waals surface area contributed by atoms with Crippen molar-refractivity contribution < 1.29 is 9.34 Å². The third-order valence-electron chi connectivity index (χ3n) is 3.20. The van der Waals surface area contributed by atoms with E-state index in [1.54, 1.807) is 30.6 Å². The van der Waals surface area contributed by atoms with Gasteiger partial charge in [-0.25, -0.2) is 9.97 Å². The van der Waals surface area contributed by atoms with Crippen LogP contribution < -0.4 is 10.6 Å². The third kappa shape index (κ3) is 3.64. The molecule has 24 heavy (non-hydrogen) atoms. The van der Waals surface area contributed by atoms with Gasteiger partial charge in [0.05, 0.1) is 17.7 Å². The van der Waals surface area contributed by atoms with Crippen molar-refractivity contribution in [1.29, 1.82) is 0 Å². The molecular weight excluding hydrogens is 312 g/mol. The molecule has 3 aromatic heterocycles. The van der Waals surface area contributed by atoms with Gasteiger partial charge in [0.1, 0.15) is 12.1 Å². The Morgan fingerprint density at radius 2 is 1.92 bits per heavy atom. The first-order valence-electron chi connectivity index (χ1n) is 7.12. The molecule has 0 spiro atoms. The van der Waals surface area contributed by atoms with Crippen molar-refractivity contribution in [2.24, 2.45) is 0 Å². The summed E-state index contributed by atoms with van der Waals surface area (Å²) < 4.78 is 5.19. The Labute approximate surface area is 136 Å². The second kappa shape index (κ2) is 7.18. The van der Waals surface area contributed by atoms with Gasteiger partial charge in [-0.3, -0.25) is 15.1 Å². The number of nitrogens with one attached hydrogen (secondary N) is 2. The van der Waals surface area contributed by atoms with Crippen LogP contribution in [0.15, 0.2) is 53.7 Å². The molecule has 0 aliphatic rings. The number of nitrogens with zero attached hydrogens (tertiary/aromatic N) is 4. The molecule has 0 aliphatic carbocycles. The van der Waals surface area contributed by atoms with Crippen molar-refractivity contribution in [2.45, 2.75) is 13.1 Å². The summed E-state index contributed by atoms with van der Waals surface area (Å²) in [7, 11) is 0. The predicted molar refractivity (Wildman–Crippen MR) is 86.3 cm³/mol. The Kier molecular flexibility index (Phi) is 4.61. The number of furan rings is 1. The Bertz CT molecular complexity index is 807. The molecule has 9 nitrogen and oxygen atoms in total. The molecule has 3 heterocycles. The minimum absolute atomic E-state index is 0.125. The summed E-state index contributed by atoms with van der Waals surface area (Å²) in [5.41, 5.74) is 0.670. The minimum atomic E-state index is -0.518. The zero-order valence-corrected chi connectivity index (χ0v) is 12.5. The van der Waals surface area contributed by atoms with E-state index in [0.29, 0.717) is 12.3 Å². The highest BCUT2D eigenvalue weighted by molar-refractivity contribution is 5.69. The van der Waals surface area contributed by atoms with Crippen LogP contribution in [0.5, 0.6) is 0 Å². The number of hydrogen-bond acceptors (Lipinski definition) is 8. The Balaban J connectivity index is 1.78. The van der Waals surface area contributed by atoms with Crippen LogP contribution in [0.3, 0.4) is 0 Å². The normalized spacial score (nSPS) is 10.3. The second-order valence-electron chi connectivity index (χ2n) is 4.82. The molecule has 0 saturated heterocycles. The van der Waals surface area contributed by atoms with Crippen molar-refractivity contribution >= 4 is 17.3 Å². The molecule has 0 aromatic carbocycles. The summed E-state index contributed by atoms with van der Waals surface area (Å²) >= 11 is 0. The van der Waals surface area contributed by atoms with Crippen molar-refractivity contribution in [3.63, 3.8) is 0 Å². The fourth-order valence-electron chi connectivity index (χ4n) is 2.08. The molecule has 0 aliphatic heterocycles. The highest BCUT2D eigenvalue weighted by atomic mass is 16.6. The fourth-order valence-corrected chi connectivity index (χ4v) is 2.08. The zero-order valence-electron chi connectivity index (χ0n) is 12.5. The van der Waals surface area contributed by atoms with Crippen LogP contribution in [-0.4, -0.2) is 19.9 Å². The molecule has 122 valence electrons. The van der Waals surface area contributed by atoms with Crippen LogP contribution in [0.2, 0.25) is 0 Å². The Hall–Kier alpha value is -3.49. The van der Waals surface area contributed by atoms with Crippen LogP contribution in [0.4, 0.5) is 17.3 Å². The molecule has 0 atom stereocenters. The maximum absolute atomic E-state index is 11.4. The van der Waals surface area contributed by atoms with E-state index in [-0.39, 0.29) is 23.9 Å². The fraction of sp³-hybridized carbons (Fsp3) is 0.133. The lowest BCUT2D eigenvalue weighted by molar-refractivity contribution is -0.383. The molecule has 0 amide bonds. The van der Waals surface area contributed by atoms with E-state index in [1.165, 1.54) is 12.6 Å². The second-order valence-corrected chi connectivity index (χ2v) is 4.82. The monoisotopic (exact) mass is 326 g/mol. The molecule has 2 N–H and O–H groups in total. The first-order chi connectivity index (χ1) is 11.7. The van der Waals surface area contributed by atoms with Crippen LogP contribution in [-0.2, 0) is 13.1 Å². The lowest BCUT2D eigenvalue weighted by Crippen LogP contribution is -2.10.